The number of nitrogens with zero attached hydrogens (tertiary/aromatic N) is 2. The predicted molar refractivity (Wildman–Crippen MR) is 104 cm³/mol. The van der Waals surface area contributed by atoms with E-state index >= 15 is 0 Å². The summed E-state index contributed by atoms with van der Waals surface area (Å²) in [5.74, 6) is 1.94. The molecule has 0 bridgehead atoms. The number of nitrogens with one attached hydrogen (secondary N) is 2. The first-order valence-corrected chi connectivity index (χ1v) is 8.78. The van der Waals surface area contributed by atoms with Crippen molar-refractivity contribution in [3.8, 4) is 0 Å². The normalized spacial score (nSPS) is 10.6. The molecule has 0 aliphatic rings. The summed E-state index contributed by atoms with van der Waals surface area (Å²) in [5, 5.41) is 7.31. The van der Waals surface area contributed by atoms with Gasteiger partial charge in [-0.25, -0.2) is 14.4 Å². The van der Waals surface area contributed by atoms with Gasteiger partial charge in [0.25, 0.3) is 0 Å². The van der Waals surface area contributed by atoms with E-state index in [1.54, 1.807) is 12.1 Å². The van der Waals surface area contributed by atoms with Crippen LogP contribution < -0.4 is 10.6 Å². The molecule has 1 aromatic heterocycles. The van der Waals surface area contributed by atoms with E-state index in [0.29, 0.717) is 12.4 Å². The lowest BCUT2D eigenvalue weighted by atomic mass is 10.1. The summed E-state index contributed by atoms with van der Waals surface area (Å²) in [6.45, 7) is 3.16. The molecule has 26 heavy (non-hydrogen) atoms. The standard InChI is InChI=1S/C20H20ClFN4/c1-14-25-19(23-10-9-15-3-2-4-17(21)11-15)12-20(26-14)24-13-16-5-7-18(22)8-6-16/h2-8,11-12H,9-10,13H2,1H3,(H2,23,24,25,26). The third-order valence-corrected chi connectivity index (χ3v) is 4.07. The molecule has 3 aromatic rings. The maximum atomic E-state index is 13.0. The molecule has 0 aliphatic heterocycles. The number of aryl methyl sites for hydroxylation is 1. The van der Waals surface area contributed by atoms with Crippen molar-refractivity contribution in [2.75, 3.05) is 17.2 Å². The van der Waals surface area contributed by atoms with Crippen LogP contribution in [0.2, 0.25) is 5.02 Å². The van der Waals surface area contributed by atoms with Gasteiger partial charge in [-0.3, -0.25) is 0 Å². The highest BCUT2D eigenvalue weighted by Crippen LogP contribution is 2.14. The molecule has 134 valence electrons. The summed E-state index contributed by atoms with van der Waals surface area (Å²) in [6.07, 6.45) is 0.849. The third-order valence-electron chi connectivity index (χ3n) is 3.83. The molecule has 2 N–H and O–H groups in total. The van der Waals surface area contributed by atoms with Gasteiger partial charge in [-0.2, -0.15) is 0 Å². The molecular weight excluding hydrogens is 351 g/mol. The predicted octanol–water partition coefficient (Wildman–Crippen LogP) is 4.84. The number of hydrogen-bond acceptors (Lipinski definition) is 4. The van der Waals surface area contributed by atoms with E-state index in [2.05, 4.69) is 26.7 Å². The summed E-state index contributed by atoms with van der Waals surface area (Å²) < 4.78 is 13.0. The minimum absolute atomic E-state index is 0.238. The smallest absolute Gasteiger partial charge is 0.132 e. The number of rotatable bonds is 7. The number of hydrogen-bond donors (Lipinski definition) is 2. The van der Waals surface area contributed by atoms with Crippen LogP contribution in [0, 0.1) is 12.7 Å². The maximum Gasteiger partial charge on any atom is 0.132 e. The highest BCUT2D eigenvalue weighted by molar-refractivity contribution is 6.30. The molecule has 0 atom stereocenters. The Bertz CT molecular complexity index is 868. The minimum atomic E-state index is -0.238. The zero-order valence-electron chi connectivity index (χ0n) is 14.5. The van der Waals surface area contributed by atoms with Crippen LogP contribution in [0.5, 0.6) is 0 Å². The van der Waals surface area contributed by atoms with Crippen molar-refractivity contribution in [2.45, 2.75) is 19.9 Å². The highest BCUT2D eigenvalue weighted by Gasteiger charge is 2.03. The fraction of sp³-hybridized carbons (Fsp3) is 0.200. The van der Waals surface area contributed by atoms with Crippen LogP contribution in [0.25, 0.3) is 0 Å². The average Bonchev–Trinajstić information content (AvgIpc) is 2.61. The molecule has 0 unspecified atom stereocenters. The molecule has 6 heteroatoms. The first kappa shape index (κ1) is 18.1. The molecule has 0 saturated heterocycles. The first-order valence-electron chi connectivity index (χ1n) is 8.41. The second-order valence-corrected chi connectivity index (χ2v) is 6.41. The van der Waals surface area contributed by atoms with E-state index in [1.165, 1.54) is 17.7 Å². The van der Waals surface area contributed by atoms with Gasteiger partial charge < -0.3 is 10.6 Å². The molecule has 3 rings (SSSR count). The van der Waals surface area contributed by atoms with Crippen LogP contribution in [-0.2, 0) is 13.0 Å². The fourth-order valence-corrected chi connectivity index (χ4v) is 2.78. The van der Waals surface area contributed by atoms with Gasteiger partial charge in [0.15, 0.2) is 0 Å². The van der Waals surface area contributed by atoms with E-state index in [9.17, 15) is 4.39 Å². The number of benzene rings is 2. The van der Waals surface area contributed by atoms with Crippen LogP contribution in [0.4, 0.5) is 16.0 Å². The van der Waals surface area contributed by atoms with E-state index in [1.807, 2.05) is 31.2 Å². The summed E-state index contributed by atoms with van der Waals surface area (Å²) in [6, 6.07) is 16.1. The van der Waals surface area contributed by atoms with E-state index in [4.69, 9.17) is 11.6 Å². The Morgan fingerprint density at radius 2 is 1.65 bits per heavy atom. The SMILES string of the molecule is Cc1nc(NCCc2cccc(Cl)c2)cc(NCc2ccc(F)cc2)n1. The van der Waals surface area contributed by atoms with Gasteiger partial charge in [0.2, 0.25) is 0 Å². The topological polar surface area (TPSA) is 49.8 Å². The van der Waals surface area contributed by atoms with Crippen molar-refractivity contribution < 1.29 is 4.39 Å². The van der Waals surface area contributed by atoms with Crippen LogP contribution >= 0.6 is 11.6 Å². The molecule has 0 fully saturated rings. The van der Waals surface area contributed by atoms with Crippen LogP contribution in [-0.4, -0.2) is 16.5 Å². The van der Waals surface area contributed by atoms with Crippen LogP contribution in [0.3, 0.4) is 0 Å². The monoisotopic (exact) mass is 370 g/mol. The van der Waals surface area contributed by atoms with Crippen molar-refractivity contribution in [1.82, 2.24) is 9.97 Å². The molecule has 0 spiro atoms. The highest BCUT2D eigenvalue weighted by atomic mass is 35.5. The van der Waals surface area contributed by atoms with E-state index in [0.717, 1.165) is 35.2 Å². The van der Waals surface area contributed by atoms with Crippen molar-refractivity contribution in [3.05, 3.63) is 82.4 Å². The number of aromatic nitrogens is 2. The van der Waals surface area contributed by atoms with Crippen molar-refractivity contribution in [1.29, 1.82) is 0 Å². The third kappa shape index (κ3) is 5.43. The van der Waals surface area contributed by atoms with Crippen molar-refractivity contribution >= 4 is 23.2 Å². The Morgan fingerprint density at radius 1 is 0.923 bits per heavy atom. The van der Waals surface area contributed by atoms with Crippen LogP contribution in [0.1, 0.15) is 17.0 Å². The molecule has 0 saturated carbocycles. The lowest BCUT2D eigenvalue weighted by Crippen LogP contribution is -2.09. The van der Waals surface area contributed by atoms with Gasteiger partial charge in [0, 0.05) is 24.2 Å². The van der Waals surface area contributed by atoms with Gasteiger partial charge in [-0.1, -0.05) is 35.9 Å². The van der Waals surface area contributed by atoms with E-state index < -0.39 is 0 Å². The van der Waals surface area contributed by atoms with Gasteiger partial charge in [0.1, 0.15) is 23.3 Å². The zero-order valence-corrected chi connectivity index (χ0v) is 15.2. The van der Waals surface area contributed by atoms with Crippen molar-refractivity contribution in [3.63, 3.8) is 0 Å². The van der Waals surface area contributed by atoms with Crippen molar-refractivity contribution in [2.24, 2.45) is 0 Å². The number of anilines is 2. The Morgan fingerprint density at radius 3 is 2.38 bits per heavy atom. The molecule has 1 heterocycles. The number of halogens is 2. The molecular formula is C20H20ClFN4. The second kappa shape index (κ2) is 8.63. The van der Waals surface area contributed by atoms with Gasteiger partial charge in [-0.05, 0) is 48.7 Å². The van der Waals surface area contributed by atoms with Crippen LogP contribution in [0.15, 0.2) is 54.6 Å². The zero-order chi connectivity index (χ0) is 18.4. The van der Waals surface area contributed by atoms with Gasteiger partial charge >= 0.3 is 0 Å². The largest absolute Gasteiger partial charge is 0.370 e. The van der Waals surface area contributed by atoms with E-state index in [-0.39, 0.29) is 5.82 Å². The summed E-state index contributed by atoms with van der Waals surface area (Å²) in [4.78, 5) is 8.80. The maximum absolute atomic E-state index is 13.0. The molecule has 0 radical (unpaired) electrons. The summed E-state index contributed by atoms with van der Waals surface area (Å²) in [7, 11) is 0. The molecule has 2 aromatic carbocycles. The Balaban J connectivity index is 1.57. The quantitative estimate of drug-likeness (QED) is 0.624. The lowest BCUT2D eigenvalue weighted by Gasteiger charge is -2.10. The Kier molecular flexibility index (Phi) is 6.02. The van der Waals surface area contributed by atoms with Gasteiger partial charge in [-0.15, -0.1) is 0 Å². The molecule has 4 nitrogen and oxygen atoms in total. The molecule has 0 aliphatic carbocycles. The van der Waals surface area contributed by atoms with Gasteiger partial charge in [0.05, 0.1) is 0 Å². The molecule has 0 amide bonds. The summed E-state index contributed by atoms with van der Waals surface area (Å²) >= 11 is 6.01. The Hall–Kier alpha value is -2.66. The fourth-order valence-electron chi connectivity index (χ4n) is 2.57. The Labute approximate surface area is 157 Å². The average molecular weight is 371 g/mol. The lowest BCUT2D eigenvalue weighted by molar-refractivity contribution is 0.627. The second-order valence-electron chi connectivity index (χ2n) is 5.97. The first-order chi connectivity index (χ1) is 12.6. The minimum Gasteiger partial charge on any atom is -0.370 e. The summed E-state index contributed by atoms with van der Waals surface area (Å²) in [5.41, 5.74) is 2.16.